The second kappa shape index (κ2) is 8.97. The van der Waals surface area contributed by atoms with Gasteiger partial charge < -0.3 is 5.32 Å². The van der Waals surface area contributed by atoms with Gasteiger partial charge in [0.25, 0.3) is 5.91 Å². The summed E-state index contributed by atoms with van der Waals surface area (Å²) in [5.74, 6) is 1.13. The van der Waals surface area contributed by atoms with E-state index in [-0.39, 0.29) is 22.7 Å². The highest BCUT2D eigenvalue weighted by Crippen LogP contribution is 2.33. The van der Waals surface area contributed by atoms with E-state index in [9.17, 15) is 13.2 Å². The lowest BCUT2D eigenvalue weighted by Gasteiger charge is -2.12. The largest absolute Gasteiger partial charge is 0.351 e. The average molecular weight is 408 g/mol. The summed E-state index contributed by atoms with van der Waals surface area (Å²) in [6.07, 6.45) is 0.649. The van der Waals surface area contributed by atoms with Crippen LogP contribution in [-0.4, -0.2) is 43.4 Å². The van der Waals surface area contributed by atoms with Crippen LogP contribution >= 0.6 is 23.5 Å². The van der Waals surface area contributed by atoms with Crippen LogP contribution in [0.15, 0.2) is 64.4 Å². The van der Waals surface area contributed by atoms with Gasteiger partial charge in [0.2, 0.25) is 0 Å². The predicted molar refractivity (Wildman–Crippen MR) is 109 cm³/mol. The number of hydrogen-bond acceptors (Lipinski definition) is 5. The van der Waals surface area contributed by atoms with Crippen LogP contribution in [-0.2, 0) is 9.84 Å². The summed E-state index contributed by atoms with van der Waals surface area (Å²) in [7, 11) is -2.92. The molecule has 1 saturated heterocycles. The van der Waals surface area contributed by atoms with Gasteiger partial charge in [0.05, 0.1) is 17.1 Å². The number of benzene rings is 2. The van der Waals surface area contributed by atoms with E-state index in [4.69, 9.17) is 0 Å². The Hall–Kier alpha value is -1.44. The summed E-state index contributed by atoms with van der Waals surface area (Å²) in [6.45, 7) is 0.579. The monoisotopic (exact) mass is 407 g/mol. The van der Waals surface area contributed by atoms with E-state index in [1.807, 2.05) is 48.5 Å². The molecule has 1 heterocycles. The highest BCUT2D eigenvalue weighted by atomic mass is 32.2. The van der Waals surface area contributed by atoms with Crippen LogP contribution in [0.25, 0.3) is 0 Å². The van der Waals surface area contributed by atoms with E-state index < -0.39 is 9.84 Å². The SMILES string of the molecule is O=C(NCCSc1ccccc1)c1ccccc1S[C@@H]1CCS(=O)(=O)C1. The van der Waals surface area contributed by atoms with Gasteiger partial charge in [0.1, 0.15) is 0 Å². The van der Waals surface area contributed by atoms with Crippen molar-refractivity contribution in [1.29, 1.82) is 0 Å². The number of rotatable bonds is 7. The molecule has 0 spiro atoms. The molecule has 1 amide bonds. The molecule has 0 saturated carbocycles. The van der Waals surface area contributed by atoms with Gasteiger partial charge in [-0.05, 0) is 30.7 Å². The molecule has 1 fully saturated rings. The minimum absolute atomic E-state index is 0.0302. The van der Waals surface area contributed by atoms with E-state index in [0.717, 1.165) is 10.6 Å². The standard InChI is InChI=1S/C19H21NO3S3/c21-19(20-11-12-24-15-6-2-1-3-7-15)17-8-4-5-9-18(17)25-16-10-13-26(22,23)14-16/h1-9,16H,10-14H2,(H,20,21)/t16-/m1/s1. The number of sulfone groups is 1. The lowest BCUT2D eigenvalue weighted by molar-refractivity contribution is 0.0953. The molecule has 1 N–H and O–H groups in total. The highest BCUT2D eigenvalue weighted by Gasteiger charge is 2.29. The zero-order chi connectivity index (χ0) is 18.4. The quantitative estimate of drug-likeness (QED) is 0.562. The van der Waals surface area contributed by atoms with Gasteiger partial charge in [-0.2, -0.15) is 0 Å². The van der Waals surface area contributed by atoms with E-state index in [1.54, 1.807) is 17.8 Å². The van der Waals surface area contributed by atoms with E-state index in [0.29, 0.717) is 18.5 Å². The summed E-state index contributed by atoms with van der Waals surface area (Å²) in [5, 5.41) is 2.99. The maximum absolute atomic E-state index is 12.5. The van der Waals surface area contributed by atoms with Gasteiger partial charge in [0.15, 0.2) is 9.84 Å². The fraction of sp³-hybridized carbons (Fsp3) is 0.316. The van der Waals surface area contributed by atoms with Crippen molar-refractivity contribution in [3.05, 3.63) is 60.2 Å². The van der Waals surface area contributed by atoms with Gasteiger partial charge in [-0.25, -0.2) is 8.42 Å². The number of thioether (sulfide) groups is 2. The van der Waals surface area contributed by atoms with Crippen LogP contribution in [0.5, 0.6) is 0 Å². The van der Waals surface area contributed by atoms with E-state index >= 15 is 0 Å². The van der Waals surface area contributed by atoms with Crippen LogP contribution in [0.3, 0.4) is 0 Å². The Bertz CT molecular complexity index is 853. The molecule has 2 aromatic rings. The van der Waals surface area contributed by atoms with Gasteiger partial charge >= 0.3 is 0 Å². The maximum Gasteiger partial charge on any atom is 0.252 e. The van der Waals surface area contributed by atoms with Crippen molar-refractivity contribution in [2.75, 3.05) is 23.8 Å². The number of carbonyl (C=O) groups is 1. The first-order valence-electron chi connectivity index (χ1n) is 8.46. The smallest absolute Gasteiger partial charge is 0.252 e. The molecule has 3 rings (SSSR count). The number of carbonyl (C=O) groups excluding carboxylic acids is 1. The molecule has 26 heavy (non-hydrogen) atoms. The molecule has 0 unspecified atom stereocenters. The molecule has 1 aliphatic rings. The van der Waals surface area contributed by atoms with Crippen LogP contribution in [0.2, 0.25) is 0 Å². The van der Waals surface area contributed by atoms with Crippen LogP contribution in [0.4, 0.5) is 0 Å². The van der Waals surface area contributed by atoms with Crippen molar-refractivity contribution < 1.29 is 13.2 Å². The summed E-state index contributed by atoms with van der Waals surface area (Å²) < 4.78 is 23.3. The molecule has 4 nitrogen and oxygen atoms in total. The topological polar surface area (TPSA) is 63.2 Å². The average Bonchev–Trinajstić information content (AvgIpc) is 2.98. The third kappa shape index (κ3) is 5.53. The first-order chi connectivity index (χ1) is 12.5. The molecular weight excluding hydrogens is 386 g/mol. The van der Waals surface area contributed by atoms with Gasteiger partial charge in [-0.15, -0.1) is 23.5 Å². The second-order valence-corrected chi connectivity index (χ2v) is 10.8. The van der Waals surface area contributed by atoms with E-state index in [1.165, 1.54) is 16.7 Å². The van der Waals surface area contributed by atoms with Gasteiger partial charge in [-0.3, -0.25) is 4.79 Å². The number of hydrogen-bond donors (Lipinski definition) is 1. The highest BCUT2D eigenvalue weighted by molar-refractivity contribution is 8.02. The summed E-state index contributed by atoms with van der Waals surface area (Å²) >= 11 is 3.20. The molecule has 7 heteroatoms. The molecule has 1 atom stereocenters. The van der Waals surface area contributed by atoms with Crippen molar-refractivity contribution in [1.82, 2.24) is 5.32 Å². The zero-order valence-corrected chi connectivity index (χ0v) is 16.7. The predicted octanol–water partition coefficient (Wildman–Crippen LogP) is 3.49. The first kappa shape index (κ1) is 19.3. The Labute approximate surface area is 163 Å². The summed E-state index contributed by atoms with van der Waals surface area (Å²) in [4.78, 5) is 14.6. The Balaban J connectivity index is 1.54. The van der Waals surface area contributed by atoms with Crippen LogP contribution in [0, 0.1) is 0 Å². The fourth-order valence-corrected chi connectivity index (χ4v) is 7.15. The second-order valence-electron chi connectivity index (χ2n) is 6.06. The zero-order valence-electron chi connectivity index (χ0n) is 14.3. The lowest BCUT2D eigenvalue weighted by Crippen LogP contribution is -2.26. The lowest BCUT2D eigenvalue weighted by atomic mass is 10.2. The molecule has 0 bridgehead atoms. The molecule has 0 aromatic heterocycles. The Kier molecular flexibility index (Phi) is 6.67. The minimum Gasteiger partial charge on any atom is -0.351 e. The molecule has 1 aliphatic heterocycles. The van der Waals surface area contributed by atoms with Crippen molar-refractivity contribution in [3.8, 4) is 0 Å². The van der Waals surface area contributed by atoms with Crippen molar-refractivity contribution in [2.45, 2.75) is 21.5 Å². The van der Waals surface area contributed by atoms with Crippen LogP contribution in [0.1, 0.15) is 16.8 Å². The third-order valence-electron chi connectivity index (χ3n) is 4.02. The van der Waals surface area contributed by atoms with Gasteiger partial charge in [-0.1, -0.05) is 30.3 Å². The Morgan fingerprint density at radius 2 is 1.81 bits per heavy atom. The normalized spacial score (nSPS) is 18.5. The first-order valence-corrected chi connectivity index (χ1v) is 12.1. The Morgan fingerprint density at radius 1 is 1.08 bits per heavy atom. The number of nitrogens with one attached hydrogen (secondary N) is 1. The molecule has 0 radical (unpaired) electrons. The third-order valence-corrected chi connectivity index (χ3v) is 8.35. The molecule has 138 valence electrons. The minimum atomic E-state index is -2.92. The fourth-order valence-electron chi connectivity index (χ4n) is 2.74. The van der Waals surface area contributed by atoms with Crippen molar-refractivity contribution in [3.63, 3.8) is 0 Å². The molecule has 2 aromatic carbocycles. The summed E-state index contributed by atoms with van der Waals surface area (Å²) in [5.41, 5.74) is 0.617. The maximum atomic E-state index is 12.5. The number of amides is 1. The van der Waals surface area contributed by atoms with Crippen molar-refractivity contribution in [2.24, 2.45) is 0 Å². The summed E-state index contributed by atoms with van der Waals surface area (Å²) in [6, 6.07) is 17.5. The van der Waals surface area contributed by atoms with Crippen LogP contribution < -0.4 is 5.32 Å². The molecular formula is C19H21NO3S3. The Morgan fingerprint density at radius 3 is 2.54 bits per heavy atom. The van der Waals surface area contributed by atoms with Crippen molar-refractivity contribution >= 4 is 39.3 Å². The van der Waals surface area contributed by atoms with E-state index in [2.05, 4.69) is 5.32 Å². The molecule has 0 aliphatic carbocycles. The van der Waals surface area contributed by atoms with Gasteiger partial charge in [0, 0.05) is 27.3 Å².